The second kappa shape index (κ2) is 8.80. The zero-order chi connectivity index (χ0) is 26.6. The predicted molar refractivity (Wildman–Crippen MR) is 152 cm³/mol. The summed E-state index contributed by atoms with van der Waals surface area (Å²) in [7, 11) is -4.50. The topological polar surface area (TPSA) is 128 Å². The van der Waals surface area contributed by atoms with Gasteiger partial charge in [0, 0.05) is 39.6 Å². The van der Waals surface area contributed by atoms with E-state index in [0.717, 1.165) is 45.0 Å². The Morgan fingerprint density at radius 3 is 2.15 bits per heavy atom. The van der Waals surface area contributed by atoms with Crippen LogP contribution in [0, 0.1) is 0 Å². The minimum atomic E-state index is -4.50. The van der Waals surface area contributed by atoms with Crippen LogP contribution in [0.15, 0.2) is 96.0 Å². The molecule has 0 saturated carbocycles. The quantitative estimate of drug-likeness (QED) is 0.206. The smallest absolute Gasteiger partial charge is 0.296 e. The van der Waals surface area contributed by atoms with Crippen LogP contribution in [-0.4, -0.2) is 37.9 Å². The molecule has 0 unspecified atom stereocenters. The largest absolute Gasteiger partial charge is 0.361 e. The van der Waals surface area contributed by atoms with Crippen LogP contribution in [0.2, 0.25) is 0 Å². The van der Waals surface area contributed by atoms with E-state index in [2.05, 4.69) is 15.0 Å². The van der Waals surface area contributed by atoms with Gasteiger partial charge in [-0.25, -0.2) is 9.97 Å². The molecule has 4 aromatic heterocycles. The van der Waals surface area contributed by atoms with Gasteiger partial charge in [-0.1, -0.05) is 30.3 Å². The van der Waals surface area contributed by atoms with E-state index in [1.807, 2.05) is 85.1 Å². The number of hydrogen-bond acceptors (Lipinski definition) is 4. The Bertz CT molecular complexity index is 2080. The minimum Gasteiger partial charge on any atom is -0.361 e. The van der Waals surface area contributed by atoms with E-state index >= 15 is 0 Å². The third-order valence-corrected chi connectivity index (χ3v) is 7.53. The SMILES string of the molecule is O=S(=O)(O)c1cc2cc3nc(cc4nc(cc5ccc(cc1[nH]2)[nH]5)C=C4)C(c1ccccc1)=C3c1ccc[nH]1. The number of aromatic amines is 3. The first kappa shape index (κ1) is 23.2. The van der Waals surface area contributed by atoms with E-state index in [1.54, 1.807) is 12.1 Å². The molecular formula is C30H21N5O3S. The van der Waals surface area contributed by atoms with Crippen molar-refractivity contribution in [3.8, 4) is 0 Å². The molecule has 39 heavy (non-hydrogen) atoms. The summed E-state index contributed by atoms with van der Waals surface area (Å²) in [5, 5.41) is 0. The van der Waals surface area contributed by atoms with E-state index in [9.17, 15) is 13.0 Å². The maximum absolute atomic E-state index is 12.3. The first-order chi connectivity index (χ1) is 18.9. The second-order valence-corrected chi connectivity index (χ2v) is 10.7. The Labute approximate surface area is 223 Å². The molecule has 9 heteroatoms. The highest BCUT2D eigenvalue weighted by atomic mass is 32.2. The number of nitrogens with one attached hydrogen (secondary N) is 3. The number of fused-ring (bicyclic) bond motifs is 8. The number of hydrogen-bond donors (Lipinski definition) is 4. The van der Waals surface area contributed by atoms with Gasteiger partial charge in [0.15, 0.2) is 0 Å². The lowest BCUT2D eigenvalue weighted by atomic mass is 9.95. The molecule has 0 atom stereocenters. The molecule has 0 spiro atoms. The molecular weight excluding hydrogens is 510 g/mol. The molecule has 2 aliphatic heterocycles. The average molecular weight is 532 g/mol. The van der Waals surface area contributed by atoms with E-state index in [0.29, 0.717) is 16.7 Å². The van der Waals surface area contributed by atoms with Crippen LogP contribution in [-0.2, 0) is 10.1 Å². The van der Waals surface area contributed by atoms with Crippen molar-refractivity contribution in [1.82, 2.24) is 24.9 Å². The van der Waals surface area contributed by atoms with Crippen LogP contribution in [0.4, 0.5) is 0 Å². The summed E-state index contributed by atoms with van der Waals surface area (Å²) in [5.41, 5.74) is 8.71. The summed E-state index contributed by atoms with van der Waals surface area (Å²) in [5.74, 6) is 0. The molecule has 0 amide bonds. The zero-order valence-corrected chi connectivity index (χ0v) is 21.2. The normalized spacial score (nSPS) is 13.3. The van der Waals surface area contributed by atoms with Gasteiger partial charge in [0.1, 0.15) is 4.90 Å². The highest BCUT2D eigenvalue weighted by Crippen LogP contribution is 2.39. The molecule has 190 valence electrons. The van der Waals surface area contributed by atoms with Gasteiger partial charge in [0.05, 0.1) is 28.3 Å². The molecule has 5 aromatic rings. The molecule has 4 N–H and O–H groups in total. The summed E-state index contributed by atoms with van der Waals surface area (Å²) in [6.07, 6.45) is 5.74. The molecule has 7 rings (SSSR count). The van der Waals surface area contributed by atoms with Gasteiger partial charge in [-0.15, -0.1) is 0 Å². The first-order valence-electron chi connectivity index (χ1n) is 12.2. The van der Waals surface area contributed by atoms with Crippen molar-refractivity contribution < 1.29 is 13.0 Å². The summed E-state index contributed by atoms with van der Waals surface area (Å²) in [6.45, 7) is 0. The standard InChI is InChI=1S/C30H21N5O3S/c36-39(37,38)28-17-23-16-27-30(24-7-4-12-31-24)29(18-5-2-1-3-6-18)26(35-27)15-22-11-9-20(33-22)13-19-8-10-21(32-19)14-25(28)34-23/h1-17,31-32,34H,(H,36,37,38). The Morgan fingerprint density at radius 2 is 1.41 bits per heavy atom. The summed E-state index contributed by atoms with van der Waals surface area (Å²) >= 11 is 0. The van der Waals surface area contributed by atoms with Gasteiger partial charge in [-0.3, -0.25) is 4.55 Å². The molecule has 8 bridgehead atoms. The van der Waals surface area contributed by atoms with Gasteiger partial charge in [0.25, 0.3) is 10.1 Å². The fraction of sp³-hybridized carbons (Fsp3) is 0. The maximum Gasteiger partial charge on any atom is 0.296 e. The summed E-state index contributed by atoms with van der Waals surface area (Å²) in [6, 6.07) is 26.3. The van der Waals surface area contributed by atoms with Crippen LogP contribution in [0.25, 0.3) is 45.4 Å². The molecule has 6 heterocycles. The Balaban J connectivity index is 1.64. The van der Waals surface area contributed by atoms with Crippen LogP contribution in [0.5, 0.6) is 0 Å². The van der Waals surface area contributed by atoms with Crippen LogP contribution < -0.4 is 0 Å². The predicted octanol–water partition coefficient (Wildman–Crippen LogP) is 6.07. The number of benzene rings is 1. The molecule has 1 aromatic carbocycles. The van der Waals surface area contributed by atoms with Gasteiger partial charge < -0.3 is 15.0 Å². The fourth-order valence-electron chi connectivity index (χ4n) is 4.99. The first-order valence-corrected chi connectivity index (χ1v) is 13.7. The van der Waals surface area contributed by atoms with Crippen molar-refractivity contribution in [2.24, 2.45) is 0 Å². The van der Waals surface area contributed by atoms with E-state index in [4.69, 9.17) is 9.97 Å². The lowest BCUT2D eigenvalue weighted by Crippen LogP contribution is -1.95. The van der Waals surface area contributed by atoms with Crippen molar-refractivity contribution in [2.45, 2.75) is 4.90 Å². The van der Waals surface area contributed by atoms with E-state index in [1.165, 1.54) is 6.07 Å². The van der Waals surface area contributed by atoms with Crippen LogP contribution in [0.1, 0.15) is 34.0 Å². The van der Waals surface area contributed by atoms with Crippen LogP contribution >= 0.6 is 0 Å². The van der Waals surface area contributed by atoms with Gasteiger partial charge >= 0.3 is 0 Å². The van der Waals surface area contributed by atoms with Gasteiger partial charge in [-0.05, 0) is 72.3 Å². The Morgan fingerprint density at radius 1 is 0.667 bits per heavy atom. The third-order valence-electron chi connectivity index (χ3n) is 6.64. The monoisotopic (exact) mass is 531 g/mol. The van der Waals surface area contributed by atoms with Crippen molar-refractivity contribution >= 4 is 55.5 Å². The lowest BCUT2D eigenvalue weighted by molar-refractivity contribution is 0.484. The molecule has 0 aliphatic carbocycles. The maximum atomic E-state index is 12.3. The number of nitrogens with zero attached hydrogens (tertiary/aromatic N) is 2. The fourth-order valence-corrected chi connectivity index (χ4v) is 5.65. The van der Waals surface area contributed by atoms with Crippen molar-refractivity contribution in [3.05, 3.63) is 125 Å². The van der Waals surface area contributed by atoms with Gasteiger partial charge in [0.2, 0.25) is 0 Å². The van der Waals surface area contributed by atoms with Crippen molar-refractivity contribution in [1.29, 1.82) is 0 Å². The van der Waals surface area contributed by atoms with Crippen molar-refractivity contribution in [3.63, 3.8) is 0 Å². The van der Waals surface area contributed by atoms with E-state index < -0.39 is 10.1 Å². The highest BCUT2D eigenvalue weighted by molar-refractivity contribution is 7.86. The molecule has 0 saturated heterocycles. The van der Waals surface area contributed by atoms with Gasteiger partial charge in [-0.2, -0.15) is 8.42 Å². The van der Waals surface area contributed by atoms with Crippen LogP contribution in [0.3, 0.4) is 0 Å². The third kappa shape index (κ3) is 4.29. The second-order valence-electron chi connectivity index (χ2n) is 9.30. The summed E-state index contributed by atoms with van der Waals surface area (Å²) < 4.78 is 34.6. The number of aromatic nitrogens is 5. The van der Waals surface area contributed by atoms with Crippen molar-refractivity contribution in [2.75, 3.05) is 0 Å². The highest BCUT2D eigenvalue weighted by Gasteiger charge is 2.24. The number of H-pyrrole nitrogens is 3. The Kier molecular flexibility index (Phi) is 5.22. The average Bonchev–Trinajstić information content (AvgIpc) is 3.72. The molecule has 8 nitrogen and oxygen atoms in total. The minimum absolute atomic E-state index is 0.219. The Hall–Kier alpha value is -4.99. The molecule has 0 radical (unpaired) electrons. The van der Waals surface area contributed by atoms with E-state index in [-0.39, 0.29) is 10.4 Å². The summed E-state index contributed by atoms with van der Waals surface area (Å²) in [4.78, 5) is 19.3. The lowest BCUT2D eigenvalue weighted by Gasteiger charge is -2.07. The molecule has 2 aliphatic rings. The number of rotatable bonds is 3. The molecule has 0 fully saturated rings. The zero-order valence-electron chi connectivity index (χ0n) is 20.4.